The first kappa shape index (κ1) is 48.3. The van der Waals surface area contributed by atoms with Crippen LogP contribution in [0.4, 0.5) is 0 Å². The van der Waals surface area contributed by atoms with Crippen LogP contribution in [0.3, 0.4) is 0 Å². The third-order valence-electron chi connectivity index (χ3n) is 11.7. The van der Waals surface area contributed by atoms with Gasteiger partial charge in [0.05, 0.1) is 51.3 Å². The van der Waals surface area contributed by atoms with E-state index in [2.05, 4.69) is 69.3 Å². The first-order chi connectivity index (χ1) is 29.4. The molecule has 1 N–H and O–H groups in total. The van der Waals surface area contributed by atoms with Crippen LogP contribution in [0.1, 0.15) is 77.3 Å². The van der Waals surface area contributed by atoms with Crippen LogP contribution in [0.2, 0.25) is 5.04 Å². The van der Waals surface area contributed by atoms with E-state index >= 15 is 0 Å². The number of benzene rings is 4. The molecule has 0 aromatic heterocycles. The lowest BCUT2D eigenvalue weighted by Gasteiger charge is -2.46. The zero-order chi connectivity index (χ0) is 43.7. The molecule has 0 saturated carbocycles. The van der Waals surface area contributed by atoms with Crippen molar-refractivity contribution in [1.29, 1.82) is 0 Å². The fourth-order valence-corrected chi connectivity index (χ4v) is 12.9. The zero-order valence-corrected chi connectivity index (χ0v) is 38.3. The summed E-state index contributed by atoms with van der Waals surface area (Å²) < 4.78 is 49.0. The van der Waals surface area contributed by atoms with Gasteiger partial charge in [-0.25, -0.2) is 0 Å². The van der Waals surface area contributed by atoms with E-state index in [4.69, 9.17) is 37.6 Å². The number of ether oxygens (including phenoxy) is 7. The van der Waals surface area contributed by atoms with E-state index in [-0.39, 0.29) is 43.2 Å². The van der Waals surface area contributed by atoms with Crippen molar-refractivity contribution in [1.82, 2.24) is 0 Å². The van der Waals surface area contributed by atoms with Crippen molar-refractivity contribution in [2.75, 3.05) is 41.3 Å². The quantitative estimate of drug-likeness (QED) is 0.0400. The van der Waals surface area contributed by atoms with E-state index in [1.54, 1.807) is 21.3 Å². The molecule has 11 heteroatoms. The van der Waals surface area contributed by atoms with Crippen molar-refractivity contribution in [3.8, 4) is 5.75 Å². The van der Waals surface area contributed by atoms with Crippen molar-refractivity contribution < 1.29 is 47.5 Å². The summed E-state index contributed by atoms with van der Waals surface area (Å²) in [6.07, 6.45) is 0.423. The van der Waals surface area contributed by atoms with Gasteiger partial charge in [-0.1, -0.05) is 131 Å². The summed E-state index contributed by atoms with van der Waals surface area (Å²) in [5, 5.41) is 14.2. The lowest BCUT2D eigenvalue weighted by Crippen LogP contribution is -2.67. The predicted molar refractivity (Wildman–Crippen MR) is 240 cm³/mol. The van der Waals surface area contributed by atoms with Gasteiger partial charge in [-0.3, -0.25) is 4.79 Å². The van der Waals surface area contributed by atoms with Crippen LogP contribution in [0, 0.1) is 5.92 Å². The highest BCUT2D eigenvalue weighted by Gasteiger charge is 2.51. The standard InChI is InChI=1S/C50H68O10Si/c1-38(46(51)32-48(58-37-53-5)47(28-30-56-34-39-17-11-8-12-18-39)57-35-40-23-25-41(54-6)26-24-40)27-29-50(52)33-42(55-7)31-43(60-50)36-59-61(49(2,3)4,44-19-13-9-14-20-44)45-21-15-10-16-22-45/h8-26,38,42-43,47-48,52H,27-37H2,1-7H3/t38-,42-,43-,47-,48-,50?/m0/s1. The molecule has 0 bridgehead atoms. The number of aliphatic hydroxyl groups is 1. The Bertz CT molecular complexity index is 1800. The van der Waals surface area contributed by atoms with E-state index < -0.39 is 38.3 Å². The van der Waals surface area contributed by atoms with Crippen molar-refractivity contribution in [3.63, 3.8) is 0 Å². The maximum absolute atomic E-state index is 14.0. The molecule has 6 atom stereocenters. The molecule has 1 heterocycles. The highest BCUT2D eigenvalue weighted by atomic mass is 28.4. The second-order valence-corrected chi connectivity index (χ2v) is 21.5. The Morgan fingerprint density at radius 1 is 0.803 bits per heavy atom. The molecule has 10 nitrogen and oxygen atoms in total. The molecule has 0 amide bonds. The van der Waals surface area contributed by atoms with Crippen molar-refractivity contribution in [3.05, 3.63) is 126 Å². The third kappa shape index (κ3) is 13.9. The number of ketones is 1. The van der Waals surface area contributed by atoms with Crippen LogP contribution in [-0.2, 0) is 50.9 Å². The summed E-state index contributed by atoms with van der Waals surface area (Å²) in [6, 6.07) is 38.7. The van der Waals surface area contributed by atoms with E-state index in [9.17, 15) is 9.90 Å². The van der Waals surface area contributed by atoms with Gasteiger partial charge in [-0.2, -0.15) is 0 Å². The second kappa shape index (κ2) is 23.6. The Kier molecular flexibility index (Phi) is 18.7. The van der Waals surface area contributed by atoms with Gasteiger partial charge in [0.25, 0.3) is 8.32 Å². The Hall–Kier alpha value is -3.75. The molecule has 4 aromatic rings. The molecule has 0 spiro atoms. The number of rotatable bonds is 25. The van der Waals surface area contributed by atoms with Crippen molar-refractivity contribution in [2.45, 2.75) is 115 Å². The summed E-state index contributed by atoms with van der Waals surface area (Å²) in [5.41, 5.74) is 2.04. The lowest BCUT2D eigenvalue weighted by atomic mass is 9.89. The number of Topliss-reactive ketones (excluding diaryl/α,β-unsaturated/α-hetero) is 1. The lowest BCUT2D eigenvalue weighted by molar-refractivity contribution is -0.282. The monoisotopic (exact) mass is 856 g/mol. The van der Waals surface area contributed by atoms with Crippen LogP contribution < -0.4 is 15.1 Å². The predicted octanol–water partition coefficient (Wildman–Crippen LogP) is 8.01. The van der Waals surface area contributed by atoms with Crippen LogP contribution >= 0.6 is 0 Å². The third-order valence-corrected chi connectivity index (χ3v) is 16.7. The fraction of sp³-hybridized carbons (Fsp3) is 0.500. The van der Waals surface area contributed by atoms with E-state index in [0.29, 0.717) is 45.5 Å². The smallest absolute Gasteiger partial charge is 0.261 e. The molecule has 1 unspecified atom stereocenters. The number of methoxy groups -OCH3 is 3. The number of carbonyl (C=O) groups is 1. The van der Waals surface area contributed by atoms with E-state index in [0.717, 1.165) is 16.9 Å². The summed E-state index contributed by atoms with van der Waals surface area (Å²) >= 11 is 0. The first-order valence-electron chi connectivity index (χ1n) is 21.6. The van der Waals surface area contributed by atoms with Crippen LogP contribution in [-0.4, -0.2) is 90.7 Å². The summed E-state index contributed by atoms with van der Waals surface area (Å²) in [5.74, 6) is -1.14. The largest absolute Gasteiger partial charge is 0.497 e. The van der Waals surface area contributed by atoms with Crippen LogP contribution in [0.15, 0.2) is 115 Å². The van der Waals surface area contributed by atoms with Crippen molar-refractivity contribution in [2.24, 2.45) is 5.92 Å². The van der Waals surface area contributed by atoms with Crippen LogP contribution in [0.5, 0.6) is 5.75 Å². The molecule has 5 rings (SSSR count). The molecule has 0 aliphatic carbocycles. The average molecular weight is 857 g/mol. The maximum Gasteiger partial charge on any atom is 0.261 e. The second-order valence-electron chi connectivity index (χ2n) is 17.2. The average Bonchev–Trinajstić information content (AvgIpc) is 3.27. The first-order valence-corrected chi connectivity index (χ1v) is 23.5. The van der Waals surface area contributed by atoms with E-state index in [1.165, 1.54) is 10.4 Å². The minimum atomic E-state index is -2.85. The molecule has 0 radical (unpaired) electrons. The molecular formula is C50H68O10Si. The molecule has 1 aliphatic heterocycles. The van der Waals surface area contributed by atoms with E-state index in [1.807, 2.05) is 73.7 Å². The van der Waals surface area contributed by atoms with Gasteiger partial charge >= 0.3 is 0 Å². The maximum atomic E-state index is 14.0. The Morgan fingerprint density at radius 3 is 1.98 bits per heavy atom. The molecule has 4 aromatic carbocycles. The Morgan fingerprint density at radius 2 is 1.41 bits per heavy atom. The highest BCUT2D eigenvalue weighted by Crippen LogP contribution is 2.39. The number of carbonyl (C=O) groups excluding carboxylic acids is 1. The van der Waals surface area contributed by atoms with Gasteiger partial charge in [-0.15, -0.1) is 0 Å². The minimum absolute atomic E-state index is 0.00128. The molecule has 332 valence electrons. The summed E-state index contributed by atoms with van der Waals surface area (Å²) in [4.78, 5) is 14.0. The molecule has 1 fully saturated rings. The minimum Gasteiger partial charge on any atom is -0.497 e. The normalized spacial score (nSPS) is 19.9. The Labute approximate surface area is 364 Å². The summed E-state index contributed by atoms with van der Waals surface area (Å²) in [6.45, 7) is 10.1. The van der Waals surface area contributed by atoms with Crippen LogP contribution in [0.25, 0.3) is 0 Å². The summed E-state index contributed by atoms with van der Waals surface area (Å²) in [7, 11) is 2.02. The molecule has 1 aliphatic rings. The molecule has 1 saturated heterocycles. The molecular weight excluding hydrogens is 789 g/mol. The SMILES string of the molecule is COCO[C@@H](CC(=O)[C@@H](C)CCC1(O)C[C@@H](OC)C[C@@H](CO[Si](c2ccccc2)(c2ccccc2)C(C)(C)C)O1)[C@H](CCOCc1ccccc1)OCc1ccc(OC)cc1. The van der Waals surface area contributed by atoms with Gasteiger partial charge in [-0.05, 0) is 51.5 Å². The highest BCUT2D eigenvalue weighted by molar-refractivity contribution is 6.99. The van der Waals surface area contributed by atoms with Gasteiger partial charge < -0.3 is 42.7 Å². The number of hydrogen-bond donors (Lipinski definition) is 1. The van der Waals surface area contributed by atoms with Crippen molar-refractivity contribution >= 4 is 24.5 Å². The van der Waals surface area contributed by atoms with Gasteiger partial charge in [0.2, 0.25) is 0 Å². The Balaban J connectivity index is 1.25. The van der Waals surface area contributed by atoms with Gasteiger partial charge in [0.15, 0.2) is 5.79 Å². The zero-order valence-electron chi connectivity index (χ0n) is 37.3. The number of hydrogen-bond acceptors (Lipinski definition) is 10. The van der Waals surface area contributed by atoms with Gasteiger partial charge in [0, 0.05) is 52.4 Å². The fourth-order valence-electron chi connectivity index (χ4n) is 8.28. The van der Waals surface area contributed by atoms with Gasteiger partial charge in [0.1, 0.15) is 18.3 Å². The molecule has 61 heavy (non-hydrogen) atoms. The topological polar surface area (TPSA) is 111 Å².